The third-order valence-corrected chi connectivity index (χ3v) is 1.57. The molecule has 0 saturated carbocycles. The van der Waals surface area contributed by atoms with Crippen molar-refractivity contribution in [2.75, 3.05) is 7.11 Å². The summed E-state index contributed by atoms with van der Waals surface area (Å²) in [5, 5.41) is 2.12. The first-order valence-corrected chi connectivity index (χ1v) is 4.00. The predicted octanol–water partition coefficient (Wildman–Crippen LogP) is -0.481. The average Bonchev–Trinajstić information content (AvgIpc) is 1.85. The molecule has 0 aromatic heterocycles. The van der Waals surface area contributed by atoms with E-state index in [1.54, 1.807) is 0 Å². The van der Waals surface area contributed by atoms with Crippen LogP contribution in [-0.4, -0.2) is 24.0 Å². The van der Waals surface area contributed by atoms with Crippen molar-refractivity contribution >= 4 is 14.1 Å². The van der Waals surface area contributed by atoms with E-state index in [0.29, 0.717) is 0 Å². The zero-order valence-corrected chi connectivity index (χ0v) is 6.75. The molecule has 0 aromatic carbocycles. The Morgan fingerprint density at radius 1 is 1.80 bits per heavy atom. The van der Waals surface area contributed by atoms with Gasteiger partial charge in [0.25, 0.3) is 8.18 Å². The smallest absolute Gasteiger partial charge is 0.322 e. The quantitative estimate of drug-likeness (QED) is 0.438. The second-order valence-corrected chi connectivity index (χ2v) is 2.59. The second-order valence-electron chi connectivity index (χ2n) is 1.69. The predicted molar refractivity (Wildman–Crippen MR) is 35.8 cm³/mol. The zero-order chi connectivity index (χ0) is 8.15. The molecule has 10 heavy (non-hydrogen) atoms. The van der Waals surface area contributed by atoms with Gasteiger partial charge < -0.3 is 9.63 Å². The monoisotopic (exact) mass is 167 g/mol. The summed E-state index contributed by atoms with van der Waals surface area (Å²) in [7, 11) is -1.57. The van der Waals surface area contributed by atoms with Crippen LogP contribution in [0, 0.1) is 0 Å². The normalized spacial score (nSPS) is 15.9. The highest BCUT2D eigenvalue weighted by Gasteiger charge is 2.12. The standard InChI is InChI=1S/C4H10NO4P/c1-3(4(6)9-2)5-10(7)8/h3,10H,1-2H3,(H2,5,7,8)/t3-/m0/s1. The molecular formula is C4H10NO4P. The average molecular weight is 167 g/mol. The first-order chi connectivity index (χ1) is 4.57. The summed E-state index contributed by atoms with van der Waals surface area (Å²) in [5.41, 5.74) is 0. The Morgan fingerprint density at radius 2 is 2.30 bits per heavy atom. The maximum absolute atomic E-state index is 10.5. The molecule has 5 nitrogen and oxygen atoms in total. The summed E-state index contributed by atoms with van der Waals surface area (Å²) >= 11 is 0. The molecule has 0 aliphatic rings. The van der Waals surface area contributed by atoms with Crippen molar-refractivity contribution in [2.24, 2.45) is 0 Å². The van der Waals surface area contributed by atoms with Gasteiger partial charge in [-0.05, 0) is 6.92 Å². The van der Waals surface area contributed by atoms with Crippen molar-refractivity contribution < 1.29 is 19.0 Å². The van der Waals surface area contributed by atoms with Crippen molar-refractivity contribution in [3.63, 3.8) is 0 Å². The number of ether oxygens (including phenoxy) is 1. The summed E-state index contributed by atoms with van der Waals surface area (Å²) in [4.78, 5) is 18.8. The first kappa shape index (κ1) is 9.62. The topological polar surface area (TPSA) is 75.6 Å². The molecular weight excluding hydrogens is 157 g/mol. The van der Waals surface area contributed by atoms with E-state index >= 15 is 0 Å². The van der Waals surface area contributed by atoms with Crippen molar-refractivity contribution in [3.05, 3.63) is 0 Å². The molecule has 0 saturated heterocycles. The van der Waals surface area contributed by atoms with Crippen molar-refractivity contribution in [1.82, 2.24) is 5.09 Å². The number of hydrogen-bond acceptors (Lipinski definition) is 3. The fourth-order valence-electron chi connectivity index (χ4n) is 0.421. The molecule has 0 heterocycles. The van der Waals surface area contributed by atoms with Gasteiger partial charge in [0.2, 0.25) is 0 Å². The van der Waals surface area contributed by atoms with Crippen LogP contribution < -0.4 is 5.09 Å². The van der Waals surface area contributed by atoms with Gasteiger partial charge in [-0.25, -0.2) is 5.09 Å². The summed E-state index contributed by atoms with van der Waals surface area (Å²) in [5.74, 6) is -0.549. The lowest BCUT2D eigenvalue weighted by Gasteiger charge is -2.07. The molecule has 2 atom stereocenters. The van der Waals surface area contributed by atoms with Gasteiger partial charge in [-0.1, -0.05) is 0 Å². The molecule has 1 unspecified atom stereocenters. The minimum absolute atomic E-state index is 0.549. The van der Waals surface area contributed by atoms with Crippen LogP contribution in [0.25, 0.3) is 0 Å². The number of carbonyl (C=O) groups excluding carboxylic acids is 1. The number of nitrogens with one attached hydrogen (secondary N) is 1. The van der Waals surface area contributed by atoms with Crippen LogP contribution in [0.5, 0.6) is 0 Å². The molecule has 0 aromatic rings. The molecule has 60 valence electrons. The number of carbonyl (C=O) groups is 1. The minimum atomic E-state index is -2.79. The lowest BCUT2D eigenvalue weighted by atomic mass is 10.4. The molecule has 0 amide bonds. The van der Waals surface area contributed by atoms with E-state index in [-0.39, 0.29) is 0 Å². The number of rotatable bonds is 3. The first-order valence-electron chi connectivity index (χ1n) is 2.65. The van der Waals surface area contributed by atoms with E-state index in [1.807, 2.05) is 0 Å². The molecule has 0 aliphatic heterocycles. The molecule has 0 rings (SSSR count). The van der Waals surface area contributed by atoms with Gasteiger partial charge in [-0.3, -0.25) is 9.36 Å². The van der Waals surface area contributed by atoms with Crippen LogP contribution in [-0.2, 0) is 14.1 Å². The highest BCUT2D eigenvalue weighted by Crippen LogP contribution is 2.06. The Balaban J connectivity index is 3.72. The van der Waals surface area contributed by atoms with Crippen molar-refractivity contribution in [2.45, 2.75) is 13.0 Å². The van der Waals surface area contributed by atoms with E-state index in [9.17, 15) is 9.36 Å². The molecule has 0 fully saturated rings. The SMILES string of the molecule is COC(=O)[C@H](C)N[PH](=O)O. The molecule has 0 aliphatic carbocycles. The van der Waals surface area contributed by atoms with Gasteiger partial charge in [0.15, 0.2) is 0 Å². The van der Waals surface area contributed by atoms with E-state index in [0.717, 1.165) is 0 Å². The van der Waals surface area contributed by atoms with E-state index < -0.39 is 20.2 Å². The summed E-state index contributed by atoms with van der Waals surface area (Å²) in [6, 6.07) is -0.721. The van der Waals surface area contributed by atoms with E-state index in [4.69, 9.17) is 4.89 Å². The number of methoxy groups -OCH3 is 1. The van der Waals surface area contributed by atoms with Crippen LogP contribution >= 0.6 is 8.18 Å². The Kier molecular flexibility index (Phi) is 4.27. The van der Waals surface area contributed by atoms with Crippen LogP contribution in [0.3, 0.4) is 0 Å². The Hall–Kier alpha value is -0.380. The Labute approximate surface area is 59.3 Å². The lowest BCUT2D eigenvalue weighted by Crippen LogP contribution is -2.29. The van der Waals surface area contributed by atoms with Gasteiger partial charge in [0, 0.05) is 0 Å². The molecule has 0 spiro atoms. The molecule has 2 N–H and O–H groups in total. The van der Waals surface area contributed by atoms with Gasteiger partial charge in [-0.15, -0.1) is 0 Å². The second kappa shape index (κ2) is 4.44. The van der Waals surface area contributed by atoms with E-state index in [2.05, 4.69) is 9.82 Å². The summed E-state index contributed by atoms with van der Waals surface area (Å²) in [6.07, 6.45) is 0. The van der Waals surface area contributed by atoms with Gasteiger partial charge in [-0.2, -0.15) is 0 Å². The number of hydrogen-bond donors (Lipinski definition) is 2. The van der Waals surface area contributed by atoms with Gasteiger partial charge in [0.05, 0.1) is 7.11 Å². The third kappa shape index (κ3) is 3.61. The van der Waals surface area contributed by atoms with Crippen LogP contribution in [0.15, 0.2) is 0 Å². The van der Waals surface area contributed by atoms with Crippen molar-refractivity contribution in [1.29, 1.82) is 0 Å². The highest BCUT2D eigenvalue weighted by molar-refractivity contribution is 7.35. The molecule has 6 heteroatoms. The maximum Gasteiger partial charge on any atom is 0.322 e. The van der Waals surface area contributed by atoms with Crippen LogP contribution in [0.4, 0.5) is 0 Å². The molecule has 0 bridgehead atoms. The largest absolute Gasteiger partial charge is 0.468 e. The Bertz CT molecular complexity index is 148. The highest BCUT2D eigenvalue weighted by atomic mass is 31.1. The maximum atomic E-state index is 10.5. The minimum Gasteiger partial charge on any atom is -0.468 e. The fourth-order valence-corrected chi connectivity index (χ4v) is 0.909. The van der Waals surface area contributed by atoms with Crippen LogP contribution in [0.2, 0.25) is 0 Å². The van der Waals surface area contributed by atoms with Gasteiger partial charge >= 0.3 is 5.97 Å². The number of esters is 1. The lowest BCUT2D eigenvalue weighted by molar-refractivity contribution is -0.142. The third-order valence-electron chi connectivity index (χ3n) is 0.895. The van der Waals surface area contributed by atoms with Gasteiger partial charge in [0.1, 0.15) is 6.04 Å². The van der Waals surface area contributed by atoms with Crippen LogP contribution in [0.1, 0.15) is 6.92 Å². The summed E-state index contributed by atoms with van der Waals surface area (Å²) in [6.45, 7) is 1.45. The van der Waals surface area contributed by atoms with Crippen molar-refractivity contribution in [3.8, 4) is 0 Å². The summed E-state index contributed by atoms with van der Waals surface area (Å²) < 4.78 is 14.4. The van der Waals surface area contributed by atoms with E-state index in [1.165, 1.54) is 14.0 Å². The zero-order valence-electron chi connectivity index (χ0n) is 5.75. The fraction of sp³-hybridized carbons (Fsp3) is 0.750. The molecule has 0 radical (unpaired) electrons. The Morgan fingerprint density at radius 3 is 2.60 bits per heavy atom.